The minimum Gasteiger partial charge on any atom is -0.310 e. The van der Waals surface area contributed by atoms with Gasteiger partial charge < -0.3 is 5.32 Å². The van der Waals surface area contributed by atoms with Gasteiger partial charge in [0.25, 0.3) is 10.0 Å². The van der Waals surface area contributed by atoms with E-state index in [1.165, 1.54) is 22.7 Å². The minimum atomic E-state index is -3.49. The largest absolute Gasteiger partial charge is 0.310 e. The molecule has 0 saturated heterocycles. The third-order valence-electron chi connectivity index (χ3n) is 2.44. The number of nitrogens with one attached hydrogen (secondary N) is 2. The van der Waals surface area contributed by atoms with E-state index in [-0.39, 0.29) is 0 Å². The molecule has 0 amide bonds. The molecule has 0 unspecified atom stereocenters. The van der Waals surface area contributed by atoms with Crippen molar-refractivity contribution < 1.29 is 8.42 Å². The molecule has 0 spiro atoms. The average Bonchev–Trinajstić information content (AvgIpc) is 2.95. The van der Waals surface area contributed by atoms with Gasteiger partial charge in [-0.15, -0.1) is 11.3 Å². The van der Waals surface area contributed by atoms with Gasteiger partial charge in [0.1, 0.15) is 4.90 Å². The maximum atomic E-state index is 12.3. The summed E-state index contributed by atoms with van der Waals surface area (Å²) in [7, 11) is -3.49. The maximum absolute atomic E-state index is 12.3. The van der Waals surface area contributed by atoms with E-state index in [2.05, 4.69) is 10.0 Å². The molecule has 2 aromatic heterocycles. The van der Waals surface area contributed by atoms with Gasteiger partial charge in [-0.1, -0.05) is 13.8 Å². The summed E-state index contributed by atoms with van der Waals surface area (Å²) in [5.41, 5.74) is 0.610. The SMILES string of the molecule is CC(C)NCc1sccc1S(=O)(=O)Nc1ccsc1. The summed E-state index contributed by atoms with van der Waals surface area (Å²) in [6, 6.07) is 3.72. The first-order chi connectivity index (χ1) is 8.99. The van der Waals surface area contributed by atoms with Crippen molar-refractivity contribution in [2.45, 2.75) is 31.3 Å². The lowest BCUT2D eigenvalue weighted by atomic mass is 10.4. The lowest BCUT2D eigenvalue weighted by molar-refractivity contribution is 0.581. The highest BCUT2D eigenvalue weighted by atomic mass is 32.2. The van der Waals surface area contributed by atoms with E-state index in [1.807, 2.05) is 19.2 Å². The Morgan fingerprint density at radius 3 is 2.68 bits per heavy atom. The van der Waals surface area contributed by atoms with Crippen LogP contribution in [-0.4, -0.2) is 14.5 Å². The first kappa shape index (κ1) is 14.5. The van der Waals surface area contributed by atoms with Crippen LogP contribution in [-0.2, 0) is 16.6 Å². The monoisotopic (exact) mass is 316 g/mol. The van der Waals surface area contributed by atoms with Crippen LogP contribution in [0.15, 0.2) is 33.2 Å². The molecule has 0 fully saturated rings. The zero-order valence-electron chi connectivity index (χ0n) is 10.7. The zero-order chi connectivity index (χ0) is 13.9. The van der Waals surface area contributed by atoms with Crippen LogP contribution in [0.5, 0.6) is 0 Å². The number of rotatable bonds is 6. The number of sulfonamides is 1. The summed E-state index contributed by atoms with van der Waals surface area (Å²) in [6.45, 7) is 4.63. The maximum Gasteiger partial charge on any atom is 0.263 e. The molecule has 4 nitrogen and oxygen atoms in total. The van der Waals surface area contributed by atoms with E-state index >= 15 is 0 Å². The molecule has 0 aliphatic rings. The molecule has 0 atom stereocenters. The van der Waals surface area contributed by atoms with Gasteiger partial charge in [0.15, 0.2) is 0 Å². The van der Waals surface area contributed by atoms with Crippen molar-refractivity contribution in [3.8, 4) is 0 Å². The molecule has 0 aliphatic carbocycles. The molecule has 2 rings (SSSR count). The van der Waals surface area contributed by atoms with Gasteiger partial charge in [-0.05, 0) is 22.9 Å². The van der Waals surface area contributed by atoms with E-state index in [4.69, 9.17) is 0 Å². The van der Waals surface area contributed by atoms with Crippen LogP contribution in [0, 0.1) is 0 Å². The van der Waals surface area contributed by atoms with E-state index in [0.717, 1.165) is 4.88 Å². The average molecular weight is 316 g/mol. The molecular formula is C12H16N2O2S3. The van der Waals surface area contributed by atoms with Gasteiger partial charge in [0.05, 0.1) is 5.69 Å². The fourth-order valence-electron chi connectivity index (χ4n) is 1.53. The molecule has 19 heavy (non-hydrogen) atoms. The van der Waals surface area contributed by atoms with Gasteiger partial charge in [0, 0.05) is 22.8 Å². The third-order valence-corrected chi connectivity index (χ3v) is 5.64. The Bertz CT molecular complexity index is 615. The van der Waals surface area contributed by atoms with Crippen molar-refractivity contribution in [2.24, 2.45) is 0 Å². The van der Waals surface area contributed by atoms with Crippen molar-refractivity contribution in [3.63, 3.8) is 0 Å². The highest BCUT2D eigenvalue weighted by molar-refractivity contribution is 7.93. The summed E-state index contributed by atoms with van der Waals surface area (Å²) < 4.78 is 27.2. The van der Waals surface area contributed by atoms with Crippen LogP contribution in [0.3, 0.4) is 0 Å². The van der Waals surface area contributed by atoms with Crippen LogP contribution < -0.4 is 10.0 Å². The zero-order valence-corrected chi connectivity index (χ0v) is 13.2. The molecule has 0 bridgehead atoms. The lowest BCUT2D eigenvalue weighted by Crippen LogP contribution is -2.23. The Balaban J connectivity index is 2.19. The second-order valence-corrected chi connectivity index (χ2v) is 7.79. The molecule has 104 valence electrons. The normalized spacial score (nSPS) is 11.9. The van der Waals surface area contributed by atoms with Crippen molar-refractivity contribution in [1.29, 1.82) is 0 Å². The van der Waals surface area contributed by atoms with Gasteiger partial charge >= 0.3 is 0 Å². The molecular weight excluding hydrogens is 300 g/mol. The van der Waals surface area contributed by atoms with Crippen LogP contribution in [0.4, 0.5) is 5.69 Å². The van der Waals surface area contributed by atoms with E-state index in [0.29, 0.717) is 23.2 Å². The number of hydrogen-bond acceptors (Lipinski definition) is 5. The standard InChI is InChI=1S/C12H16N2O2S3/c1-9(2)13-7-11-12(4-6-18-11)19(15,16)14-10-3-5-17-8-10/h3-6,8-9,13-14H,7H2,1-2H3. The van der Waals surface area contributed by atoms with Crippen molar-refractivity contribution in [2.75, 3.05) is 4.72 Å². The summed E-state index contributed by atoms with van der Waals surface area (Å²) in [5, 5.41) is 8.66. The fraction of sp³-hybridized carbons (Fsp3) is 0.333. The number of thiophene rings is 2. The molecule has 7 heteroatoms. The van der Waals surface area contributed by atoms with Crippen molar-refractivity contribution in [1.82, 2.24) is 5.32 Å². The summed E-state index contributed by atoms with van der Waals surface area (Å²) in [4.78, 5) is 1.19. The quantitative estimate of drug-likeness (QED) is 0.861. The Kier molecular flexibility index (Phi) is 4.62. The van der Waals surface area contributed by atoms with Crippen LogP contribution in [0.25, 0.3) is 0 Å². The lowest BCUT2D eigenvalue weighted by Gasteiger charge is -2.10. The van der Waals surface area contributed by atoms with Crippen molar-refractivity contribution >= 4 is 38.4 Å². The first-order valence-electron chi connectivity index (χ1n) is 5.84. The second kappa shape index (κ2) is 6.04. The Morgan fingerprint density at radius 1 is 1.26 bits per heavy atom. The van der Waals surface area contributed by atoms with Crippen LogP contribution in [0.2, 0.25) is 0 Å². The van der Waals surface area contributed by atoms with E-state index in [1.54, 1.807) is 22.9 Å². The van der Waals surface area contributed by atoms with E-state index in [9.17, 15) is 8.42 Å². The first-order valence-corrected chi connectivity index (χ1v) is 9.14. The summed E-state index contributed by atoms with van der Waals surface area (Å²) in [6.07, 6.45) is 0. The predicted molar refractivity (Wildman–Crippen MR) is 81.4 cm³/mol. The number of anilines is 1. The molecule has 0 radical (unpaired) electrons. The molecule has 2 aromatic rings. The van der Waals surface area contributed by atoms with Gasteiger partial charge in [0.2, 0.25) is 0 Å². The molecule has 0 aromatic carbocycles. The number of hydrogen-bond donors (Lipinski definition) is 2. The van der Waals surface area contributed by atoms with Gasteiger partial charge in [-0.3, -0.25) is 4.72 Å². The molecule has 2 heterocycles. The highest BCUT2D eigenvalue weighted by Crippen LogP contribution is 2.25. The topological polar surface area (TPSA) is 58.2 Å². The van der Waals surface area contributed by atoms with Crippen molar-refractivity contribution in [3.05, 3.63) is 33.2 Å². The smallest absolute Gasteiger partial charge is 0.263 e. The summed E-state index contributed by atoms with van der Waals surface area (Å²) in [5.74, 6) is 0. The Morgan fingerprint density at radius 2 is 2.05 bits per heavy atom. The molecule has 2 N–H and O–H groups in total. The highest BCUT2D eigenvalue weighted by Gasteiger charge is 2.20. The fourth-order valence-corrected chi connectivity index (χ4v) is 4.63. The second-order valence-electron chi connectivity index (χ2n) is 4.36. The Labute approximate surface area is 121 Å². The Hall–Kier alpha value is -0.890. The minimum absolute atomic E-state index is 0.322. The molecule has 0 aliphatic heterocycles. The predicted octanol–water partition coefficient (Wildman–Crippen LogP) is 3.11. The van der Waals surface area contributed by atoms with Crippen LogP contribution >= 0.6 is 22.7 Å². The van der Waals surface area contributed by atoms with Gasteiger partial charge in [-0.25, -0.2) is 8.42 Å². The molecule has 0 saturated carbocycles. The van der Waals surface area contributed by atoms with E-state index < -0.39 is 10.0 Å². The third kappa shape index (κ3) is 3.79. The summed E-state index contributed by atoms with van der Waals surface area (Å²) >= 11 is 2.91. The van der Waals surface area contributed by atoms with Gasteiger partial charge in [-0.2, -0.15) is 11.3 Å². The van der Waals surface area contributed by atoms with Crippen LogP contribution in [0.1, 0.15) is 18.7 Å².